The Morgan fingerprint density at radius 3 is 2.33 bits per heavy atom. The second-order valence-electron chi connectivity index (χ2n) is 3.91. The topological polar surface area (TPSA) is 9.23 Å². The van der Waals surface area contributed by atoms with Crippen LogP contribution in [0.4, 0.5) is 13.2 Å². The highest BCUT2D eigenvalue weighted by Crippen LogP contribution is 2.24. The number of rotatable bonds is 4. The summed E-state index contributed by atoms with van der Waals surface area (Å²) in [5.74, 6) is 0.314. The molecule has 1 nitrogen and oxygen atoms in total. The molecule has 0 aliphatic heterocycles. The number of halogens is 3. The first-order valence-electron chi connectivity index (χ1n) is 6.25. The smallest absolute Gasteiger partial charge is 0.406 e. The van der Waals surface area contributed by atoms with Crippen LogP contribution >= 0.6 is 0 Å². The lowest BCUT2D eigenvalue weighted by atomic mass is 9.99. The predicted molar refractivity (Wildman–Crippen MR) is 67.6 cm³/mol. The lowest BCUT2D eigenvalue weighted by Crippen LogP contribution is -2.17. The van der Waals surface area contributed by atoms with Gasteiger partial charge in [-0.15, -0.1) is 13.2 Å². The molecule has 0 fully saturated rings. The lowest BCUT2D eigenvalue weighted by Gasteiger charge is -2.12. The van der Waals surface area contributed by atoms with Gasteiger partial charge in [0.1, 0.15) is 5.75 Å². The van der Waals surface area contributed by atoms with E-state index in [-0.39, 0.29) is 5.75 Å². The summed E-state index contributed by atoms with van der Waals surface area (Å²) in [7, 11) is 0. The monoisotopic (exact) mass is 262 g/mol. The van der Waals surface area contributed by atoms with E-state index in [0.29, 0.717) is 5.92 Å². The summed E-state index contributed by atoms with van der Waals surface area (Å²) in [6.45, 7) is 8.12. The van der Waals surface area contributed by atoms with Crippen LogP contribution in [0.3, 0.4) is 0 Å². The maximum Gasteiger partial charge on any atom is 0.573 e. The van der Waals surface area contributed by atoms with Gasteiger partial charge in [0.2, 0.25) is 0 Å². The van der Waals surface area contributed by atoms with Crippen LogP contribution in [-0.4, -0.2) is 6.36 Å². The molecule has 0 aromatic heterocycles. The molecule has 1 atom stereocenters. The quantitative estimate of drug-likeness (QED) is 0.724. The largest absolute Gasteiger partial charge is 0.573 e. The minimum absolute atomic E-state index is 0.145. The van der Waals surface area contributed by atoms with Gasteiger partial charge in [0.15, 0.2) is 0 Å². The van der Waals surface area contributed by atoms with Crippen molar-refractivity contribution in [2.75, 3.05) is 0 Å². The molecule has 1 aromatic carbocycles. The van der Waals surface area contributed by atoms with Gasteiger partial charge in [-0.3, -0.25) is 0 Å². The van der Waals surface area contributed by atoms with Crippen LogP contribution in [0.25, 0.3) is 0 Å². The maximum absolute atomic E-state index is 12.0. The van der Waals surface area contributed by atoms with Crippen molar-refractivity contribution < 1.29 is 17.9 Å². The fraction of sp³-hybridized carbons (Fsp3) is 0.571. The Kier molecular flexibility index (Phi) is 7.48. The van der Waals surface area contributed by atoms with Crippen LogP contribution in [-0.2, 0) is 6.42 Å². The third-order valence-corrected chi connectivity index (χ3v) is 2.41. The summed E-state index contributed by atoms with van der Waals surface area (Å²) in [5.41, 5.74) is 0.871. The van der Waals surface area contributed by atoms with Crippen molar-refractivity contribution in [1.82, 2.24) is 0 Å². The molecule has 0 saturated heterocycles. The van der Waals surface area contributed by atoms with E-state index in [2.05, 4.69) is 18.6 Å². The number of ether oxygens (including phenoxy) is 1. The molecule has 18 heavy (non-hydrogen) atoms. The van der Waals surface area contributed by atoms with Crippen LogP contribution in [0.1, 0.15) is 39.7 Å². The van der Waals surface area contributed by atoms with Crippen LogP contribution < -0.4 is 4.74 Å². The fourth-order valence-electron chi connectivity index (χ4n) is 1.42. The average Bonchev–Trinajstić information content (AvgIpc) is 2.29. The molecule has 104 valence electrons. The summed E-state index contributed by atoms with van der Waals surface area (Å²) in [6.07, 6.45) is -2.84. The van der Waals surface area contributed by atoms with Crippen molar-refractivity contribution in [2.45, 2.75) is 46.9 Å². The van der Waals surface area contributed by atoms with Crippen molar-refractivity contribution in [3.05, 3.63) is 29.8 Å². The summed E-state index contributed by atoms with van der Waals surface area (Å²) < 4.78 is 39.8. The van der Waals surface area contributed by atoms with Gasteiger partial charge in [-0.25, -0.2) is 0 Å². The van der Waals surface area contributed by atoms with E-state index >= 15 is 0 Å². The Morgan fingerprint density at radius 2 is 1.83 bits per heavy atom. The molecular weight excluding hydrogens is 241 g/mol. The van der Waals surface area contributed by atoms with E-state index in [4.69, 9.17) is 0 Å². The molecule has 0 bridgehead atoms. The van der Waals surface area contributed by atoms with Gasteiger partial charge in [-0.05, 0) is 30.0 Å². The Balaban J connectivity index is 0.00000137. The maximum atomic E-state index is 12.0. The number of hydrogen-bond acceptors (Lipinski definition) is 1. The molecule has 0 N–H and O–H groups in total. The normalized spacial score (nSPS) is 12.4. The lowest BCUT2D eigenvalue weighted by molar-refractivity contribution is -0.274. The van der Waals surface area contributed by atoms with Crippen molar-refractivity contribution in [3.63, 3.8) is 0 Å². The Morgan fingerprint density at radius 1 is 1.22 bits per heavy atom. The van der Waals surface area contributed by atoms with Crippen molar-refractivity contribution >= 4 is 0 Å². The highest BCUT2D eigenvalue weighted by atomic mass is 19.4. The zero-order chi connectivity index (χ0) is 14.2. The van der Waals surface area contributed by atoms with Crippen LogP contribution in [0.2, 0.25) is 0 Å². The van der Waals surface area contributed by atoms with Crippen LogP contribution in [0.15, 0.2) is 24.3 Å². The zero-order valence-electron chi connectivity index (χ0n) is 11.3. The minimum Gasteiger partial charge on any atom is -0.406 e. The molecule has 0 amide bonds. The van der Waals surface area contributed by atoms with E-state index < -0.39 is 6.36 Å². The SMILES string of the molecule is CC.CCC(C)Cc1cccc(OC(F)(F)F)c1. The highest BCUT2D eigenvalue weighted by molar-refractivity contribution is 5.28. The highest BCUT2D eigenvalue weighted by Gasteiger charge is 2.31. The molecule has 4 heteroatoms. The molecule has 0 heterocycles. The number of alkyl halides is 3. The van der Waals surface area contributed by atoms with Gasteiger partial charge in [0, 0.05) is 0 Å². The summed E-state index contributed by atoms with van der Waals surface area (Å²) in [4.78, 5) is 0. The van der Waals surface area contributed by atoms with E-state index in [1.165, 1.54) is 12.1 Å². The minimum atomic E-state index is -4.62. The molecule has 0 saturated carbocycles. The van der Waals surface area contributed by atoms with Gasteiger partial charge in [-0.2, -0.15) is 0 Å². The van der Waals surface area contributed by atoms with Gasteiger partial charge in [0.05, 0.1) is 0 Å². The first-order valence-corrected chi connectivity index (χ1v) is 6.25. The Hall–Kier alpha value is -1.19. The zero-order valence-corrected chi connectivity index (χ0v) is 11.3. The van der Waals surface area contributed by atoms with Gasteiger partial charge >= 0.3 is 6.36 Å². The molecule has 1 unspecified atom stereocenters. The second-order valence-corrected chi connectivity index (χ2v) is 3.91. The van der Waals surface area contributed by atoms with Crippen molar-refractivity contribution in [2.24, 2.45) is 5.92 Å². The van der Waals surface area contributed by atoms with E-state index in [1.807, 2.05) is 19.9 Å². The third-order valence-electron chi connectivity index (χ3n) is 2.41. The molecule has 0 spiro atoms. The van der Waals surface area contributed by atoms with E-state index in [1.54, 1.807) is 6.07 Å². The fourth-order valence-corrected chi connectivity index (χ4v) is 1.42. The summed E-state index contributed by atoms with van der Waals surface area (Å²) in [5, 5.41) is 0. The van der Waals surface area contributed by atoms with Crippen molar-refractivity contribution in [3.8, 4) is 5.75 Å². The first kappa shape index (κ1) is 16.8. The molecule has 0 radical (unpaired) electrons. The Bertz CT molecular complexity index is 334. The van der Waals surface area contributed by atoms with E-state index in [9.17, 15) is 13.2 Å². The molecule has 1 aromatic rings. The van der Waals surface area contributed by atoms with Gasteiger partial charge in [-0.1, -0.05) is 46.2 Å². The molecule has 0 aliphatic carbocycles. The predicted octanol–water partition coefficient (Wildman–Crippen LogP) is 5.20. The van der Waals surface area contributed by atoms with Crippen LogP contribution in [0.5, 0.6) is 5.75 Å². The summed E-state index contributed by atoms with van der Waals surface area (Å²) >= 11 is 0. The standard InChI is InChI=1S/C12H15F3O.C2H6/c1-3-9(2)7-10-5-4-6-11(8-10)16-12(13,14)15;1-2/h4-6,8-9H,3,7H2,1-2H3;1-2H3. The van der Waals surface area contributed by atoms with Gasteiger partial charge < -0.3 is 4.74 Å². The van der Waals surface area contributed by atoms with Gasteiger partial charge in [0.25, 0.3) is 0 Å². The van der Waals surface area contributed by atoms with Crippen molar-refractivity contribution in [1.29, 1.82) is 0 Å². The van der Waals surface area contributed by atoms with E-state index in [0.717, 1.165) is 18.4 Å². The second kappa shape index (κ2) is 8.01. The average molecular weight is 262 g/mol. The number of hydrogen-bond donors (Lipinski definition) is 0. The first-order chi connectivity index (χ1) is 8.40. The molecule has 0 aliphatic rings. The molecule has 1 rings (SSSR count). The Labute approximate surface area is 107 Å². The molecular formula is C14H21F3O. The summed E-state index contributed by atoms with van der Waals surface area (Å²) in [6, 6.07) is 6.15. The number of benzene rings is 1. The third kappa shape index (κ3) is 7.20. The van der Waals surface area contributed by atoms with Crippen LogP contribution in [0, 0.1) is 5.92 Å².